The molecule has 8 nitrogen and oxygen atoms in total. The lowest BCUT2D eigenvalue weighted by Crippen LogP contribution is -2.26. The maximum atomic E-state index is 12.4. The Balaban J connectivity index is 2.13. The standard InChI is InChI=1S/C18H15N5O3/c1-2-26-18(25)16(14-11-20-6-7-21-14)22-13-9-12(10-19)17(24)23-8-4-3-5-15(13)23/h3-9,11,16,22H,2H2,1H3. The molecule has 1 N–H and O–H groups in total. The van der Waals surface area contributed by atoms with Crippen LogP contribution in [-0.4, -0.2) is 26.9 Å². The van der Waals surface area contributed by atoms with Crippen LogP contribution in [0, 0.1) is 11.3 Å². The Labute approximate surface area is 148 Å². The first-order valence-corrected chi connectivity index (χ1v) is 7.89. The Bertz CT molecular complexity index is 1040. The Morgan fingerprint density at radius 3 is 2.96 bits per heavy atom. The van der Waals surface area contributed by atoms with Crippen LogP contribution in [0.5, 0.6) is 0 Å². The quantitative estimate of drug-likeness (QED) is 0.698. The summed E-state index contributed by atoms with van der Waals surface area (Å²) in [6.07, 6.45) is 5.98. The molecule has 0 radical (unpaired) electrons. The highest BCUT2D eigenvalue weighted by Gasteiger charge is 2.25. The molecule has 0 fully saturated rings. The number of rotatable bonds is 5. The molecule has 0 aliphatic rings. The van der Waals surface area contributed by atoms with Gasteiger partial charge in [0, 0.05) is 18.6 Å². The monoisotopic (exact) mass is 349 g/mol. The van der Waals surface area contributed by atoms with Gasteiger partial charge >= 0.3 is 5.97 Å². The van der Waals surface area contributed by atoms with Crippen molar-refractivity contribution in [3.63, 3.8) is 0 Å². The van der Waals surface area contributed by atoms with E-state index in [1.807, 2.05) is 6.07 Å². The number of hydrogen-bond donors (Lipinski definition) is 1. The summed E-state index contributed by atoms with van der Waals surface area (Å²) in [6.45, 7) is 1.91. The molecule has 0 saturated carbocycles. The van der Waals surface area contributed by atoms with Gasteiger partial charge in [-0.1, -0.05) is 6.07 Å². The zero-order chi connectivity index (χ0) is 18.5. The van der Waals surface area contributed by atoms with E-state index in [2.05, 4.69) is 15.3 Å². The Morgan fingerprint density at radius 1 is 1.42 bits per heavy atom. The summed E-state index contributed by atoms with van der Waals surface area (Å²) in [5.74, 6) is -0.535. The highest BCUT2D eigenvalue weighted by molar-refractivity contribution is 5.84. The van der Waals surface area contributed by atoms with Crippen molar-refractivity contribution in [1.82, 2.24) is 14.4 Å². The Hall–Kier alpha value is -3.73. The second-order valence-electron chi connectivity index (χ2n) is 5.30. The maximum absolute atomic E-state index is 12.4. The molecule has 130 valence electrons. The third-order valence-corrected chi connectivity index (χ3v) is 3.70. The zero-order valence-corrected chi connectivity index (χ0v) is 13.9. The molecule has 0 spiro atoms. The number of nitrogens with zero attached hydrogens (tertiary/aromatic N) is 4. The van der Waals surface area contributed by atoms with Crippen LogP contribution in [0.3, 0.4) is 0 Å². The number of carbonyl (C=O) groups is 1. The molecule has 0 aliphatic carbocycles. The van der Waals surface area contributed by atoms with Crippen LogP contribution in [0.15, 0.2) is 53.8 Å². The molecule has 0 aromatic carbocycles. The van der Waals surface area contributed by atoms with Crippen LogP contribution in [-0.2, 0) is 9.53 Å². The molecule has 8 heteroatoms. The van der Waals surface area contributed by atoms with E-state index in [0.717, 1.165) is 0 Å². The zero-order valence-electron chi connectivity index (χ0n) is 13.9. The minimum atomic E-state index is -0.934. The first kappa shape index (κ1) is 17.1. The predicted molar refractivity (Wildman–Crippen MR) is 93.4 cm³/mol. The summed E-state index contributed by atoms with van der Waals surface area (Å²) in [7, 11) is 0. The summed E-state index contributed by atoms with van der Waals surface area (Å²) in [6, 6.07) is 7.52. The third-order valence-electron chi connectivity index (χ3n) is 3.70. The van der Waals surface area contributed by atoms with Gasteiger partial charge in [0.05, 0.1) is 29.7 Å². The van der Waals surface area contributed by atoms with Crippen molar-refractivity contribution < 1.29 is 9.53 Å². The number of ether oxygens (including phenoxy) is 1. The summed E-state index contributed by atoms with van der Waals surface area (Å²) in [5.41, 5.74) is 0.851. The number of aromatic nitrogens is 3. The molecule has 0 amide bonds. The number of anilines is 1. The topological polar surface area (TPSA) is 109 Å². The average Bonchev–Trinajstić information content (AvgIpc) is 2.68. The van der Waals surface area contributed by atoms with Crippen molar-refractivity contribution in [2.75, 3.05) is 11.9 Å². The van der Waals surface area contributed by atoms with Crippen molar-refractivity contribution in [2.45, 2.75) is 13.0 Å². The van der Waals surface area contributed by atoms with E-state index in [1.165, 1.54) is 29.1 Å². The first-order chi connectivity index (χ1) is 12.7. The van der Waals surface area contributed by atoms with E-state index < -0.39 is 17.6 Å². The van der Waals surface area contributed by atoms with Gasteiger partial charge in [-0.05, 0) is 25.1 Å². The molecule has 0 aliphatic heterocycles. The smallest absolute Gasteiger partial charge is 0.334 e. The minimum absolute atomic E-state index is 0.0436. The second kappa shape index (κ2) is 7.44. The lowest BCUT2D eigenvalue weighted by molar-refractivity contribution is -0.144. The fourth-order valence-corrected chi connectivity index (χ4v) is 2.54. The number of fused-ring (bicyclic) bond motifs is 1. The SMILES string of the molecule is CCOC(=O)C(Nc1cc(C#N)c(=O)n2ccccc12)c1cnccn1. The van der Waals surface area contributed by atoms with Crippen molar-refractivity contribution in [3.05, 3.63) is 70.7 Å². The molecule has 1 atom stereocenters. The fourth-order valence-electron chi connectivity index (χ4n) is 2.54. The van der Waals surface area contributed by atoms with Gasteiger partial charge in [-0.3, -0.25) is 19.2 Å². The summed E-state index contributed by atoms with van der Waals surface area (Å²) in [5, 5.41) is 12.3. The largest absolute Gasteiger partial charge is 0.464 e. The van der Waals surface area contributed by atoms with Crippen LogP contribution in [0.2, 0.25) is 0 Å². The Morgan fingerprint density at radius 2 is 2.27 bits per heavy atom. The lowest BCUT2D eigenvalue weighted by Gasteiger charge is -2.19. The molecule has 3 heterocycles. The van der Waals surface area contributed by atoms with Gasteiger partial charge in [-0.2, -0.15) is 5.26 Å². The normalized spacial score (nSPS) is 11.5. The summed E-state index contributed by atoms with van der Waals surface area (Å²) >= 11 is 0. The maximum Gasteiger partial charge on any atom is 0.334 e. The van der Waals surface area contributed by atoms with Gasteiger partial charge in [0.1, 0.15) is 11.6 Å². The van der Waals surface area contributed by atoms with Crippen molar-refractivity contribution >= 4 is 17.2 Å². The average molecular weight is 349 g/mol. The van der Waals surface area contributed by atoms with Gasteiger partial charge in [-0.25, -0.2) is 4.79 Å². The molecule has 26 heavy (non-hydrogen) atoms. The number of carbonyl (C=O) groups excluding carboxylic acids is 1. The molecule has 0 saturated heterocycles. The van der Waals surface area contributed by atoms with E-state index in [1.54, 1.807) is 31.3 Å². The first-order valence-electron chi connectivity index (χ1n) is 7.89. The molecule has 1 unspecified atom stereocenters. The van der Waals surface area contributed by atoms with E-state index in [9.17, 15) is 14.9 Å². The fraction of sp³-hybridized carbons (Fsp3) is 0.167. The van der Waals surface area contributed by atoms with Crippen LogP contribution in [0.1, 0.15) is 24.2 Å². The molecule has 0 bridgehead atoms. The van der Waals surface area contributed by atoms with E-state index >= 15 is 0 Å². The van der Waals surface area contributed by atoms with E-state index in [-0.39, 0.29) is 12.2 Å². The van der Waals surface area contributed by atoms with Crippen LogP contribution in [0.4, 0.5) is 5.69 Å². The van der Waals surface area contributed by atoms with Gasteiger partial charge in [-0.15, -0.1) is 0 Å². The number of esters is 1. The Kier molecular flexibility index (Phi) is 4.90. The molecule has 3 rings (SSSR count). The lowest BCUT2D eigenvalue weighted by atomic mass is 10.1. The van der Waals surface area contributed by atoms with Gasteiger partial charge in [0.2, 0.25) is 0 Å². The predicted octanol–water partition coefficient (Wildman–Crippen LogP) is 1.68. The molecule has 3 aromatic heterocycles. The van der Waals surface area contributed by atoms with Crippen LogP contribution >= 0.6 is 0 Å². The summed E-state index contributed by atoms with van der Waals surface area (Å²) in [4.78, 5) is 32.9. The highest BCUT2D eigenvalue weighted by Crippen LogP contribution is 2.23. The number of nitriles is 1. The highest BCUT2D eigenvalue weighted by atomic mass is 16.5. The van der Waals surface area contributed by atoms with Crippen molar-refractivity contribution in [1.29, 1.82) is 5.26 Å². The second-order valence-corrected chi connectivity index (χ2v) is 5.30. The van der Waals surface area contributed by atoms with E-state index in [4.69, 9.17) is 4.74 Å². The molecular weight excluding hydrogens is 334 g/mol. The summed E-state index contributed by atoms with van der Waals surface area (Å²) < 4.78 is 6.47. The number of nitrogens with one attached hydrogen (secondary N) is 1. The molecular formula is C18H15N5O3. The number of pyridine rings is 2. The minimum Gasteiger partial charge on any atom is -0.464 e. The van der Waals surface area contributed by atoms with Gasteiger partial charge in [0.15, 0.2) is 6.04 Å². The van der Waals surface area contributed by atoms with Gasteiger partial charge in [0.25, 0.3) is 5.56 Å². The van der Waals surface area contributed by atoms with Crippen molar-refractivity contribution in [3.8, 4) is 6.07 Å². The van der Waals surface area contributed by atoms with E-state index in [0.29, 0.717) is 16.9 Å². The van der Waals surface area contributed by atoms with Crippen LogP contribution in [0.25, 0.3) is 5.52 Å². The van der Waals surface area contributed by atoms with Crippen LogP contribution < -0.4 is 10.9 Å². The third kappa shape index (κ3) is 3.23. The van der Waals surface area contributed by atoms with Crippen molar-refractivity contribution in [2.24, 2.45) is 0 Å². The molecule has 3 aromatic rings. The van der Waals surface area contributed by atoms with Gasteiger partial charge < -0.3 is 10.1 Å². The number of hydrogen-bond acceptors (Lipinski definition) is 7.